The van der Waals surface area contributed by atoms with Gasteiger partial charge in [0.05, 0.1) is 11.9 Å². The van der Waals surface area contributed by atoms with E-state index in [0.717, 1.165) is 5.56 Å². The van der Waals surface area contributed by atoms with Crippen LogP contribution in [0.1, 0.15) is 36.7 Å². The Labute approximate surface area is 120 Å². The summed E-state index contributed by atoms with van der Waals surface area (Å²) in [6.07, 6.45) is 1.83. The molecule has 0 aliphatic carbocycles. The normalized spacial score (nSPS) is 15.1. The monoisotopic (exact) mass is 296 g/mol. The lowest BCUT2D eigenvalue weighted by atomic mass is 10.1. The van der Waals surface area contributed by atoms with Crippen LogP contribution in [0.15, 0.2) is 18.2 Å². The maximum Gasteiger partial charge on any atom is 0.251 e. The van der Waals surface area contributed by atoms with E-state index >= 15 is 0 Å². The molecule has 0 fully saturated rings. The zero-order valence-electron chi connectivity index (χ0n) is 12.2. The molecule has 0 unspecified atom stereocenters. The number of fused-ring (bicyclic) bond motifs is 1. The number of anilines is 1. The Bertz CT molecular complexity index is 645. The van der Waals surface area contributed by atoms with Crippen LogP contribution in [0.2, 0.25) is 0 Å². The smallest absolute Gasteiger partial charge is 0.251 e. The largest absolute Gasteiger partial charge is 0.347 e. The van der Waals surface area contributed by atoms with E-state index in [-0.39, 0.29) is 11.4 Å². The van der Waals surface area contributed by atoms with Crippen molar-refractivity contribution in [3.63, 3.8) is 0 Å². The number of amides is 1. The number of nitrogens with zero attached hydrogens (tertiary/aromatic N) is 1. The lowest BCUT2D eigenvalue weighted by molar-refractivity contribution is 0.0919. The summed E-state index contributed by atoms with van der Waals surface area (Å²) in [7, 11) is -3.25. The van der Waals surface area contributed by atoms with E-state index in [9.17, 15) is 13.2 Å². The first-order valence-corrected chi connectivity index (χ1v) is 8.36. The van der Waals surface area contributed by atoms with E-state index in [1.54, 1.807) is 18.2 Å². The van der Waals surface area contributed by atoms with Crippen molar-refractivity contribution in [1.29, 1.82) is 0 Å². The maximum absolute atomic E-state index is 12.1. The van der Waals surface area contributed by atoms with Gasteiger partial charge in [0.1, 0.15) is 0 Å². The van der Waals surface area contributed by atoms with E-state index in [4.69, 9.17) is 0 Å². The molecule has 6 heteroatoms. The first kappa shape index (κ1) is 14.8. The van der Waals surface area contributed by atoms with Gasteiger partial charge in [-0.25, -0.2) is 8.42 Å². The van der Waals surface area contributed by atoms with Gasteiger partial charge in [0.2, 0.25) is 10.0 Å². The Balaban J connectivity index is 2.29. The van der Waals surface area contributed by atoms with Crippen LogP contribution >= 0.6 is 0 Å². The van der Waals surface area contributed by atoms with Gasteiger partial charge in [-0.15, -0.1) is 0 Å². The number of benzene rings is 1. The molecular formula is C14H20N2O3S. The molecule has 0 bridgehead atoms. The van der Waals surface area contributed by atoms with Gasteiger partial charge in [-0.1, -0.05) is 0 Å². The summed E-state index contributed by atoms with van der Waals surface area (Å²) in [5.74, 6) is -0.141. The molecular weight excluding hydrogens is 276 g/mol. The van der Waals surface area contributed by atoms with E-state index < -0.39 is 10.0 Å². The second kappa shape index (κ2) is 4.77. The average molecular weight is 296 g/mol. The predicted octanol–water partition coefficient (Wildman–Crippen LogP) is 1.54. The number of rotatable bonds is 2. The van der Waals surface area contributed by atoms with Crippen LogP contribution in [-0.4, -0.2) is 32.7 Å². The Morgan fingerprint density at radius 2 is 1.95 bits per heavy atom. The molecule has 5 nitrogen and oxygen atoms in total. The van der Waals surface area contributed by atoms with E-state index in [2.05, 4.69) is 5.32 Å². The summed E-state index contributed by atoms with van der Waals surface area (Å²) in [6.45, 7) is 6.20. The number of sulfonamides is 1. The lowest BCUT2D eigenvalue weighted by Crippen LogP contribution is -2.40. The van der Waals surface area contributed by atoms with Crippen LogP contribution in [0.25, 0.3) is 0 Å². The third-order valence-corrected chi connectivity index (χ3v) is 4.26. The van der Waals surface area contributed by atoms with Gasteiger partial charge in [0.15, 0.2) is 0 Å². The van der Waals surface area contributed by atoms with Crippen LogP contribution in [0.3, 0.4) is 0 Å². The van der Waals surface area contributed by atoms with Crippen molar-refractivity contribution in [1.82, 2.24) is 5.32 Å². The highest BCUT2D eigenvalue weighted by molar-refractivity contribution is 7.92. The zero-order valence-corrected chi connectivity index (χ0v) is 13.0. The topological polar surface area (TPSA) is 66.5 Å². The molecule has 1 aliphatic heterocycles. The van der Waals surface area contributed by atoms with Crippen molar-refractivity contribution in [2.45, 2.75) is 32.7 Å². The summed E-state index contributed by atoms with van der Waals surface area (Å²) >= 11 is 0. The highest BCUT2D eigenvalue weighted by atomic mass is 32.2. The van der Waals surface area contributed by atoms with Gasteiger partial charge in [0.25, 0.3) is 5.91 Å². The van der Waals surface area contributed by atoms with Gasteiger partial charge in [-0.3, -0.25) is 9.10 Å². The zero-order chi connectivity index (χ0) is 15.1. The molecule has 0 aromatic heterocycles. The van der Waals surface area contributed by atoms with Crippen molar-refractivity contribution >= 4 is 21.6 Å². The minimum Gasteiger partial charge on any atom is -0.347 e. The third kappa shape index (κ3) is 3.12. The molecule has 0 atom stereocenters. The first-order valence-electron chi connectivity index (χ1n) is 6.51. The van der Waals surface area contributed by atoms with Crippen LogP contribution in [-0.2, 0) is 16.4 Å². The second-order valence-electron chi connectivity index (χ2n) is 6.13. The van der Waals surface area contributed by atoms with Gasteiger partial charge in [-0.05, 0) is 51.0 Å². The number of hydrogen-bond acceptors (Lipinski definition) is 3. The molecule has 0 saturated carbocycles. The van der Waals surface area contributed by atoms with Gasteiger partial charge < -0.3 is 5.32 Å². The van der Waals surface area contributed by atoms with Crippen LogP contribution in [0.4, 0.5) is 5.69 Å². The highest BCUT2D eigenvalue weighted by Crippen LogP contribution is 2.30. The first-order chi connectivity index (χ1) is 9.08. The van der Waals surface area contributed by atoms with Crippen LogP contribution in [0.5, 0.6) is 0 Å². The Hall–Kier alpha value is -1.56. The average Bonchev–Trinajstić information content (AvgIpc) is 2.68. The molecule has 1 N–H and O–H groups in total. The number of nitrogens with one attached hydrogen (secondary N) is 1. The van der Waals surface area contributed by atoms with Crippen molar-refractivity contribution < 1.29 is 13.2 Å². The molecule has 0 spiro atoms. The SMILES string of the molecule is CC(C)(C)NC(=O)c1ccc2c(c1)CCN2S(C)(=O)=O. The fourth-order valence-electron chi connectivity index (χ4n) is 2.27. The number of carbonyl (C=O) groups is 1. The molecule has 1 amide bonds. The fourth-order valence-corrected chi connectivity index (χ4v) is 3.23. The Kier molecular flexibility index (Phi) is 3.54. The van der Waals surface area contributed by atoms with Crippen molar-refractivity contribution in [2.75, 3.05) is 17.1 Å². The molecule has 1 aromatic carbocycles. The lowest BCUT2D eigenvalue weighted by Gasteiger charge is -2.21. The molecule has 110 valence electrons. The summed E-state index contributed by atoms with van der Waals surface area (Å²) in [6, 6.07) is 5.16. The molecule has 2 rings (SSSR count). The minimum atomic E-state index is -3.25. The van der Waals surface area contributed by atoms with E-state index in [1.807, 2.05) is 20.8 Å². The molecule has 1 aromatic rings. The summed E-state index contributed by atoms with van der Waals surface area (Å²) in [4.78, 5) is 12.1. The van der Waals surface area contributed by atoms with Crippen molar-refractivity contribution in [3.05, 3.63) is 29.3 Å². The summed E-state index contributed by atoms with van der Waals surface area (Å²) in [5, 5.41) is 2.90. The van der Waals surface area contributed by atoms with Crippen LogP contribution < -0.4 is 9.62 Å². The molecule has 1 heterocycles. The van der Waals surface area contributed by atoms with E-state index in [0.29, 0.717) is 24.2 Å². The highest BCUT2D eigenvalue weighted by Gasteiger charge is 2.27. The summed E-state index contributed by atoms with van der Waals surface area (Å²) in [5.41, 5.74) is 1.85. The Morgan fingerprint density at radius 3 is 2.50 bits per heavy atom. The van der Waals surface area contributed by atoms with Gasteiger partial charge >= 0.3 is 0 Å². The van der Waals surface area contributed by atoms with E-state index in [1.165, 1.54) is 10.6 Å². The second-order valence-corrected chi connectivity index (χ2v) is 8.04. The fraction of sp³-hybridized carbons (Fsp3) is 0.500. The molecule has 20 heavy (non-hydrogen) atoms. The standard InChI is InChI=1S/C14H20N2O3S/c1-14(2,3)15-13(17)11-5-6-12-10(9-11)7-8-16(12)20(4,18)19/h5-6,9H,7-8H2,1-4H3,(H,15,17). The van der Waals surface area contributed by atoms with Crippen LogP contribution in [0, 0.1) is 0 Å². The molecule has 1 aliphatic rings. The third-order valence-electron chi connectivity index (χ3n) is 3.08. The quantitative estimate of drug-likeness (QED) is 0.900. The molecule has 0 radical (unpaired) electrons. The van der Waals surface area contributed by atoms with Gasteiger partial charge in [-0.2, -0.15) is 0 Å². The Morgan fingerprint density at radius 1 is 1.30 bits per heavy atom. The van der Waals surface area contributed by atoms with Crippen molar-refractivity contribution in [2.24, 2.45) is 0 Å². The molecule has 0 saturated heterocycles. The minimum absolute atomic E-state index is 0.141. The summed E-state index contributed by atoms with van der Waals surface area (Å²) < 4.78 is 24.7. The number of carbonyl (C=O) groups excluding carboxylic acids is 1. The van der Waals surface area contributed by atoms with Gasteiger partial charge in [0, 0.05) is 17.6 Å². The predicted molar refractivity (Wildman–Crippen MR) is 79.6 cm³/mol. The number of hydrogen-bond donors (Lipinski definition) is 1. The maximum atomic E-state index is 12.1. The van der Waals surface area contributed by atoms with Crippen molar-refractivity contribution in [3.8, 4) is 0 Å².